The summed E-state index contributed by atoms with van der Waals surface area (Å²) >= 11 is 0. The number of carbonyl (C=O) groups is 2. The fraction of sp³-hybridized carbons (Fsp3) is 0.944. The topological polar surface area (TPSA) is 185 Å². The summed E-state index contributed by atoms with van der Waals surface area (Å²) < 4.78 is 31.2. The lowest BCUT2D eigenvalue weighted by atomic mass is 9.74. The summed E-state index contributed by atoms with van der Waals surface area (Å²) in [4.78, 5) is 29.6. The Labute approximate surface area is 292 Å². The number of Topliss-reactive ketones (excluding diaryl/α,β-unsaturated/α-hetero) is 1. The Hall–Kier alpha value is -1.26. The van der Waals surface area contributed by atoms with Crippen LogP contribution in [0, 0.1) is 29.6 Å². The normalized spacial score (nSPS) is 49.8. The summed E-state index contributed by atoms with van der Waals surface area (Å²) in [5.41, 5.74) is -3.30. The van der Waals surface area contributed by atoms with Crippen molar-refractivity contribution in [3.63, 3.8) is 0 Å². The Balaban J connectivity index is 2.15. The largest absolute Gasteiger partial charge is 0.462 e. The molecule has 3 fully saturated rings. The Kier molecular flexibility index (Phi) is 14.3. The summed E-state index contributed by atoms with van der Waals surface area (Å²) in [5.74, 6) is -4.76. The fourth-order valence-corrected chi connectivity index (χ4v) is 8.17. The maximum atomic E-state index is 14.0. The molecular formula is C36H65NO12. The summed E-state index contributed by atoms with van der Waals surface area (Å²) in [5, 5.41) is 56.6. The molecule has 3 heterocycles. The molecule has 0 aromatic heterocycles. The van der Waals surface area contributed by atoms with Crippen molar-refractivity contribution in [1.29, 1.82) is 0 Å². The molecule has 3 aliphatic rings. The van der Waals surface area contributed by atoms with E-state index in [-0.39, 0.29) is 30.8 Å². The smallest absolute Gasteiger partial charge is 0.311 e. The van der Waals surface area contributed by atoms with E-state index in [1.807, 2.05) is 32.8 Å². The zero-order valence-corrected chi connectivity index (χ0v) is 31.6. The van der Waals surface area contributed by atoms with Crippen molar-refractivity contribution < 1.29 is 58.8 Å². The van der Waals surface area contributed by atoms with E-state index in [0.29, 0.717) is 12.8 Å². The Morgan fingerprint density at radius 1 is 0.837 bits per heavy atom. The van der Waals surface area contributed by atoms with Crippen LogP contribution in [0.1, 0.15) is 94.9 Å². The van der Waals surface area contributed by atoms with Crippen molar-refractivity contribution in [2.45, 2.75) is 174 Å². The molecule has 0 spiro atoms. The second kappa shape index (κ2) is 16.6. The zero-order valence-electron chi connectivity index (χ0n) is 31.6. The lowest BCUT2D eigenvalue weighted by Gasteiger charge is -2.48. The first kappa shape index (κ1) is 42.2. The summed E-state index contributed by atoms with van der Waals surface area (Å²) in [7, 11) is 3.70. The zero-order chi connectivity index (χ0) is 37.3. The molecule has 49 heavy (non-hydrogen) atoms. The second-order valence-corrected chi connectivity index (χ2v) is 16.0. The Bertz CT molecular complexity index is 1100. The van der Waals surface area contributed by atoms with Gasteiger partial charge in [-0.15, -0.1) is 0 Å². The van der Waals surface area contributed by atoms with Gasteiger partial charge in [0.1, 0.15) is 24.1 Å². The van der Waals surface area contributed by atoms with Crippen LogP contribution in [0.25, 0.3) is 0 Å². The lowest BCUT2D eigenvalue weighted by molar-refractivity contribution is -0.316. The van der Waals surface area contributed by atoms with Crippen LogP contribution in [0.15, 0.2) is 0 Å². The summed E-state index contributed by atoms with van der Waals surface area (Å²) in [6.07, 6.45) is -8.87. The van der Waals surface area contributed by atoms with Crippen LogP contribution < -0.4 is 0 Å². The van der Waals surface area contributed by atoms with Crippen LogP contribution in [0.5, 0.6) is 0 Å². The molecule has 0 bridgehead atoms. The van der Waals surface area contributed by atoms with Crippen molar-refractivity contribution in [3.8, 4) is 0 Å². The molecule has 0 aromatic carbocycles. The third-order valence-electron chi connectivity index (χ3n) is 11.3. The van der Waals surface area contributed by atoms with E-state index in [1.165, 1.54) is 6.92 Å². The van der Waals surface area contributed by atoms with Gasteiger partial charge in [0.05, 0.1) is 47.6 Å². The van der Waals surface area contributed by atoms with Gasteiger partial charge in [0.25, 0.3) is 0 Å². The van der Waals surface area contributed by atoms with E-state index in [9.17, 15) is 35.1 Å². The van der Waals surface area contributed by atoms with Crippen molar-refractivity contribution in [1.82, 2.24) is 4.90 Å². The van der Waals surface area contributed by atoms with Gasteiger partial charge in [0.15, 0.2) is 12.6 Å². The number of hydrogen-bond acceptors (Lipinski definition) is 13. The predicted octanol–water partition coefficient (Wildman–Crippen LogP) is 2.02. The van der Waals surface area contributed by atoms with E-state index in [2.05, 4.69) is 0 Å². The van der Waals surface area contributed by atoms with E-state index in [4.69, 9.17) is 23.7 Å². The second-order valence-electron chi connectivity index (χ2n) is 16.0. The quantitative estimate of drug-likeness (QED) is 0.254. The summed E-state index contributed by atoms with van der Waals surface area (Å²) in [6, 6.07) is -0.310. The van der Waals surface area contributed by atoms with Gasteiger partial charge in [-0.2, -0.15) is 0 Å². The molecule has 3 aliphatic heterocycles. The van der Waals surface area contributed by atoms with Crippen LogP contribution >= 0.6 is 0 Å². The minimum absolute atomic E-state index is 0.0671. The van der Waals surface area contributed by atoms with E-state index >= 15 is 0 Å². The highest BCUT2D eigenvalue weighted by Crippen LogP contribution is 2.40. The number of ketones is 1. The first-order chi connectivity index (χ1) is 22.5. The standard InChI is InChI=1S/C36H65NO12/c1-13-25-19(4)28(39)20(5)27(38)17(2)15-36(10,44)32(49-34-29(40)24(37(11)12)14-18(3)45-34)21(6)30(22(7)33(42)47-25)48-26-16-35(9,43)31(41)23(8)46-26/h17-26,28-32,34,39-41,43-44H,13-16H2,1-12H3/t17-,18-,19+,20+,21+,22-,23+,24+,25-,26?,28+,29-,30+,31+,32-,34?,35-,36-/m1/s1. The molecule has 286 valence electrons. The molecule has 0 aliphatic carbocycles. The van der Waals surface area contributed by atoms with Crippen LogP contribution in [0.3, 0.4) is 0 Å². The number of aliphatic hydroxyl groups excluding tert-OH is 3. The average molecular weight is 704 g/mol. The Morgan fingerprint density at radius 3 is 2.00 bits per heavy atom. The number of aliphatic hydroxyl groups is 5. The minimum atomic E-state index is -1.74. The van der Waals surface area contributed by atoms with Crippen LogP contribution in [-0.2, 0) is 33.3 Å². The van der Waals surface area contributed by atoms with Crippen molar-refractivity contribution in [2.75, 3.05) is 14.1 Å². The van der Waals surface area contributed by atoms with Crippen molar-refractivity contribution in [2.24, 2.45) is 29.6 Å². The number of likely N-dealkylation sites (N-methyl/N-ethyl adjacent to an activating group) is 1. The minimum Gasteiger partial charge on any atom is -0.462 e. The van der Waals surface area contributed by atoms with E-state index < -0.39 is 102 Å². The molecule has 13 nitrogen and oxygen atoms in total. The number of esters is 1. The van der Waals surface area contributed by atoms with Crippen LogP contribution in [-0.4, -0.2) is 135 Å². The molecule has 0 radical (unpaired) electrons. The monoisotopic (exact) mass is 703 g/mol. The molecule has 2 unspecified atom stereocenters. The van der Waals surface area contributed by atoms with Crippen molar-refractivity contribution in [3.05, 3.63) is 0 Å². The van der Waals surface area contributed by atoms with Gasteiger partial charge >= 0.3 is 5.97 Å². The van der Waals surface area contributed by atoms with Crippen LogP contribution in [0.2, 0.25) is 0 Å². The predicted molar refractivity (Wildman–Crippen MR) is 180 cm³/mol. The SMILES string of the molecule is CC[C@H]1OC(=O)[C@H](C)[C@@H](OC2C[C@@](C)(O)[C@@H](O)[C@H](C)O2)[C@H](C)[C@@H](OC2O[C@H](C)C[C@H](N(C)C)[C@H]2O)[C@](C)(O)C[C@@H](C)C(=O)[C@H](C)[C@@H](O)[C@H]1C. The van der Waals surface area contributed by atoms with E-state index in [0.717, 1.165) is 0 Å². The fourth-order valence-electron chi connectivity index (χ4n) is 8.17. The number of hydrogen-bond donors (Lipinski definition) is 5. The number of rotatable bonds is 6. The first-order valence-electron chi connectivity index (χ1n) is 18.0. The van der Waals surface area contributed by atoms with Gasteiger partial charge in [-0.25, -0.2) is 0 Å². The first-order valence-corrected chi connectivity index (χ1v) is 18.0. The van der Waals surface area contributed by atoms with Crippen LogP contribution in [0.4, 0.5) is 0 Å². The number of ether oxygens (including phenoxy) is 5. The number of cyclic esters (lactones) is 1. The Morgan fingerprint density at radius 2 is 1.45 bits per heavy atom. The third kappa shape index (κ3) is 9.60. The number of carbonyl (C=O) groups excluding carboxylic acids is 2. The highest BCUT2D eigenvalue weighted by Gasteiger charge is 2.52. The molecule has 0 saturated carbocycles. The van der Waals surface area contributed by atoms with Gasteiger partial charge in [-0.05, 0) is 68.0 Å². The maximum Gasteiger partial charge on any atom is 0.311 e. The third-order valence-corrected chi connectivity index (χ3v) is 11.3. The molecule has 5 N–H and O–H groups in total. The molecule has 3 rings (SSSR count). The molecule has 0 aromatic rings. The highest BCUT2D eigenvalue weighted by atomic mass is 16.7. The molecular weight excluding hydrogens is 638 g/mol. The number of nitrogens with zero attached hydrogens (tertiary/aromatic N) is 1. The van der Waals surface area contributed by atoms with Gasteiger partial charge < -0.3 is 54.1 Å². The maximum absolute atomic E-state index is 14.0. The van der Waals surface area contributed by atoms with Gasteiger partial charge in [-0.3, -0.25) is 9.59 Å². The summed E-state index contributed by atoms with van der Waals surface area (Å²) in [6.45, 7) is 16.8. The van der Waals surface area contributed by atoms with Gasteiger partial charge in [0, 0.05) is 36.1 Å². The molecule has 0 amide bonds. The lowest BCUT2D eigenvalue weighted by Crippen LogP contribution is -2.60. The highest BCUT2D eigenvalue weighted by molar-refractivity contribution is 5.83. The molecule has 13 heteroatoms. The molecule has 18 atom stereocenters. The average Bonchev–Trinajstić information content (AvgIpc) is 3.01. The van der Waals surface area contributed by atoms with Gasteiger partial charge in [0.2, 0.25) is 0 Å². The van der Waals surface area contributed by atoms with Crippen molar-refractivity contribution >= 4 is 11.8 Å². The molecule has 3 saturated heterocycles. The van der Waals surface area contributed by atoms with Gasteiger partial charge in [-0.1, -0.05) is 34.6 Å². The van der Waals surface area contributed by atoms with E-state index in [1.54, 1.807) is 48.5 Å².